The Labute approximate surface area is 144 Å². The minimum absolute atomic E-state index is 0.298. The van der Waals surface area contributed by atoms with Crippen molar-refractivity contribution in [1.82, 2.24) is 10.2 Å². The van der Waals surface area contributed by atoms with E-state index in [0.717, 1.165) is 29.4 Å². The fraction of sp³-hybridized carbons (Fsp3) is 0.278. The zero-order valence-electron chi connectivity index (χ0n) is 12.4. The molecule has 1 saturated carbocycles. The molecule has 1 aliphatic carbocycles. The predicted octanol–water partition coefficient (Wildman–Crippen LogP) is 5.02. The van der Waals surface area contributed by atoms with Gasteiger partial charge in [0.1, 0.15) is 5.52 Å². The van der Waals surface area contributed by atoms with Crippen molar-refractivity contribution < 1.29 is 5.11 Å². The highest BCUT2D eigenvalue weighted by atomic mass is 35.5. The van der Waals surface area contributed by atoms with Gasteiger partial charge in [0, 0.05) is 23.8 Å². The fourth-order valence-corrected chi connectivity index (χ4v) is 3.90. The summed E-state index contributed by atoms with van der Waals surface area (Å²) < 4.78 is 0. The predicted molar refractivity (Wildman–Crippen MR) is 94.1 cm³/mol. The third kappa shape index (κ3) is 2.53. The number of nitrogens with one attached hydrogen (secondary N) is 1. The summed E-state index contributed by atoms with van der Waals surface area (Å²) in [6.07, 6.45) is 3.90. The average molecular weight is 347 g/mol. The van der Waals surface area contributed by atoms with Gasteiger partial charge in [-0.1, -0.05) is 47.5 Å². The second kappa shape index (κ2) is 5.82. The van der Waals surface area contributed by atoms with Crippen LogP contribution >= 0.6 is 23.2 Å². The molecular weight excluding hydrogens is 331 g/mol. The molecule has 1 aromatic heterocycles. The Kier molecular flexibility index (Phi) is 3.80. The van der Waals surface area contributed by atoms with Crippen LogP contribution in [-0.2, 0) is 0 Å². The van der Waals surface area contributed by atoms with Gasteiger partial charge in [0.05, 0.1) is 10.0 Å². The molecule has 1 heterocycles. The lowest BCUT2D eigenvalue weighted by Gasteiger charge is -2.34. The number of aliphatic hydroxyl groups is 1. The number of aromatic nitrogens is 2. The van der Waals surface area contributed by atoms with Gasteiger partial charge in [0.25, 0.3) is 0 Å². The number of halogens is 2. The Bertz CT molecular complexity index is 851. The summed E-state index contributed by atoms with van der Waals surface area (Å²) >= 11 is 12.8. The Morgan fingerprint density at radius 1 is 1.17 bits per heavy atom. The van der Waals surface area contributed by atoms with Gasteiger partial charge in [-0.3, -0.25) is 5.10 Å². The number of aromatic amines is 1. The minimum atomic E-state index is 0.298. The van der Waals surface area contributed by atoms with E-state index in [1.54, 1.807) is 6.20 Å². The highest BCUT2D eigenvalue weighted by molar-refractivity contribution is 6.42. The van der Waals surface area contributed by atoms with Crippen molar-refractivity contribution in [2.45, 2.75) is 18.8 Å². The standard InChI is InChI=1S/C18H16Cl2N2O/c19-16-7-14(17(20)18-15(16)8-21-22-18)12-3-1-11(2-4-12)13-5-10(6-13)9-23/h1-4,7-8,10,13,23H,5-6,9H2,(H,21,22). The summed E-state index contributed by atoms with van der Waals surface area (Å²) in [5.41, 5.74) is 3.94. The van der Waals surface area contributed by atoms with Crippen LogP contribution < -0.4 is 0 Å². The summed E-state index contributed by atoms with van der Waals surface area (Å²) in [5.74, 6) is 1.03. The third-order valence-electron chi connectivity index (χ3n) is 4.80. The van der Waals surface area contributed by atoms with E-state index in [2.05, 4.69) is 34.5 Å². The van der Waals surface area contributed by atoms with Crippen molar-refractivity contribution in [2.75, 3.05) is 6.61 Å². The lowest BCUT2D eigenvalue weighted by atomic mass is 9.72. The highest BCUT2D eigenvalue weighted by Crippen LogP contribution is 2.42. The van der Waals surface area contributed by atoms with Crippen molar-refractivity contribution in [3.8, 4) is 11.1 Å². The Morgan fingerprint density at radius 3 is 2.61 bits per heavy atom. The van der Waals surface area contributed by atoms with Gasteiger partial charge in [0.2, 0.25) is 0 Å². The number of fused-ring (bicyclic) bond motifs is 1. The monoisotopic (exact) mass is 346 g/mol. The van der Waals surface area contributed by atoms with Crippen LogP contribution in [0.3, 0.4) is 0 Å². The SMILES string of the molecule is OCC1CC(c2ccc(-c3cc(Cl)c4c[nH]nc4c3Cl)cc2)C1. The van der Waals surface area contributed by atoms with Crippen molar-refractivity contribution >= 4 is 34.1 Å². The van der Waals surface area contributed by atoms with E-state index in [1.807, 2.05) is 6.07 Å². The molecule has 23 heavy (non-hydrogen) atoms. The molecule has 0 spiro atoms. The van der Waals surface area contributed by atoms with Gasteiger partial charge in [0.15, 0.2) is 0 Å². The number of hydrogen-bond acceptors (Lipinski definition) is 2. The molecule has 0 amide bonds. The number of H-pyrrole nitrogens is 1. The Balaban J connectivity index is 1.67. The van der Waals surface area contributed by atoms with E-state index in [9.17, 15) is 0 Å². The van der Waals surface area contributed by atoms with Crippen molar-refractivity contribution in [3.05, 3.63) is 52.1 Å². The van der Waals surface area contributed by atoms with Crippen LogP contribution in [0.2, 0.25) is 10.0 Å². The van der Waals surface area contributed by atoms with Crippen LogP contribution in [-0.4, -0.2) is 21.9 Å². The number of benzene rings is 2. The summed E-state index contributed by atoms with van der Waals surface area (Å²) in [4.78, 5) is 0. The maximum absolute atomic E-state index is 9.13. The molecule has 2 aromatic carbocycles. The lowest BCUT2D eigenvalue weighted by molar-refractivity contribution is 0.142. The molecule has 4 rings (SSSR count). The summed E-state index contributed by atoms with van der Waals surface area (Å²) in [6.45, 7) is 0.298. The van der Waals surface area contributed by atoms with E-state index >= 15 is 0 Å². The maximum Gasteiger partial charge on any atom is 0.113 e. The molecule has 118 valence electrons. The zero-order valence-corrected chi connectivity index (χ0v) is 13.9. The molecule has 0 atom stereocenters. The second-order valence-electron chi connectivity index (χ2n) is 6.21. The first-order valence-corrected chi connectivity index (χ1v) is 8.45. The molecule has 0 aliphatic heterocycles. The van der Waals surface area contributed by atoms with Gasteiger partial charge < -0.3 is 5.11 Å². The first-order valence-electron chi connectivity index (χ1n) is 7.70. The molecule has 0 bridgehead atoms. The normalized spacial score (nSPS) is 20.7. The largest absolute Gasteiger partial charge is 0.396 e. The molecular formula is C18H16Cl2N2O. The van der Waals surface area contributed by atoms with Gasteiger partial charge in [-0.25, -0.2) is 0 Å². The molecule has 0 unspecified atom stereocenters. The topological polar surface area (TPSA) is 48.9 Å². The number of hydrogen-bond donors (Lipinski definition) is 2. The van der Waals surface area contributed by atoms with Crippen LogP contribution in [0.4, 0.5) is 0 Å². The first kappa shape index (κ1) is 15.0. The molecule has 5 heteroatoms. The van der Waals surface area contributed by atoms with Gasteiger partial charge in [-0.2, -0.15) is 5.10 Å². The lowest BCUT2D eigenvalue weighted by Crippen LogP contribution is -2.24. The fourth-order valence-electron chi connectivity index (χ4n) is 3.34. The zero-order chi connectivity index (χ0) is 16.0. The molecule has 2 N–H and O–H groups in total. The van der Waals surface area contributed by atoms with Crippen LogP contribution in [0.15, 0.2) is 36.5 Å². The smallest absolute Gasteiger partial charge is 0.113 e. The van der Waals surface area contributed by atoms with Gasteiger partial charge in [-0.05, 0) is 41.9 Å². The molecule has 1 fully saturated rings. The van der Waals surface area contributed by atoms with E-state index < -0.39 is 0 Å². The summed E-state index contributed by atoms with van der Waals surface area (Å²) in [7, 11) is 0. The summed E-state index contributed by atoms with van der Waals surface area (Å²) in [5, 5.41) is 18.2. The van der Waals surface area contributed by atoms with Crippen molar-refractivity contribution in [3.63, 3.8) is 0 Å². The summed E-state index contributed by atoms with van der Waals surface area (Å²) in [6, 6.07) is 10.3. The second-order valence-corrected chi connectivity index (χ2v) is 6.99. The molecule has 0 saturated heterocycles. The molecule has 3 aromatic rings. The van der Waals surface area contributed by atoms with Crippen molar-refractivity contribution in [1.29, 1.82) is 0 Å². The molecule has 1 aliphatic rings. The Hall–Kier alpha value is -1.55. The van der Waals surface area contributed by atoms with Crippen molar-refractivity contribution in [2.24, 2.45) is 5.92 Å². The van der Waals surface area contributed by atoms with Crippen LogP contribution in [0, 0.1) is 5.92 Å². The molecule has 3 nitrogen and oxygen atoms in total. The highest BCUT2D eigenvalue weighted by Gasteiger charge is 2.29. The number of rotatable bonds is 3. The Morgan fingerprint density at radius 2 is 1.91 bits per heavy atom. The van der Waals surface area contributed by atoms with Crippen LogP contribution in [0.5, 0.6) is 0 Å². The van der Waals surface area contributed by atoms with Crippen LogP contribution in [0.1, 0.15) is 24.3 Å². The third-order valence-corrected chi connectivity index (χ3v) is 5.50. The number of aliphatic hydroxyl groups excluding tert-OH is 1. The van der Waals surface area contributed by atoms with Gasteiger partial charge >= 0.3 is 0 Å². The van der Waals surface area contributed by atoms with E-state index in [0.29, 0.717) is 34.0 Å². The van der Waals surface area contributed by atoms with E-state index in [4.69, 9.17) is 28.3 Å². The van der Waals surface area contributed by atoms with E-state index in [-0.39, 0.29) is 0 Å². The van der Waals surface area contributed by atoms with Crippen LogP contribution in [0.25, 0.3) is 22.0 Å². The quantitative estimate of drug-likeness (QED) is 0.699. The first-order chi connectivity index (χ1) is 11.2. The minimum Gasteiger partial charge on any atom is -0.396 e. The maximum atomic E-state index is 9.13. The molecule has 0 radical (unpaired) electrons. The van der Waals surface area contributed by atoms with Gasteiger partial charge in [-0.15, -0.1) is 0 Å². The average Bonchev–Trinajstić information content (AvgIpc) is 3.01. The van der Waals surface area contributed by atoms with E-state index in [1.165, 1.54) is 5.56 Å². The number of nitrogens with zero attached hydrogens (tertiary/aromatic N) is 1.